The molecule has 27 heavy (non-hydrogen) atoms. The van der Waals surface area contributed by atoms with Gasteiger partial charge in [-0.25, -0.2) is 13.9 Å². The van der Waals surface area contributed by atoms with Gasteiger partial charge in [0.25, 0.3) is 5.91 Å². The first kappa shape index (κ1) is 18.3. The number of para-hydroxylation sites is 1. The number of hydrogen-bond acceptors (Lipinski definition) is 5. The number of hydrogen-bond donors (Lipinski definition) is 1. The van der Waals surface area contributed by atoms with Crippen LogP contribution in [0.2, 0.25) is 0 Å². The van der Waals surface area contributed by atoms with Crippen molar-refractivity contribution in [3.05, 3.63) is 65.0 Å². The van der Waals surface area contributed by atoms with Crippen molar-refractivity contribution in [3.63, 3.8) is 0 Å². The maximum absolute atomic E-state index is 13.4. The summed E-state index contributed by atoms with van der Waals surface area (Å²) < 4.78 is 21.2. The van der Waals surface area contributed by atoms with Crippen molar-refractivity contribution in [3.8, 4) is 17.3 Å². The van der Waals surface area contributed by atoms with E-state index in [0.717, 1.165) is 0 Å². The predicted molar refractivity (Wildman–Crippen MR) is 95.6 cm³/mol. The molecular weight excluding hydrogens is 353 g/mol. The highest BCUT2D eigenvalue weighted by molar-refractivity contribution is 5.77. The fourth-order valence-corrected chi connectivity index (χ4v) is 2.41. The third-order valence-corrected chi connectivity index (χ3v) is 3.78. The molecule has 1 amide bonds. The van der Waals surface area contributed by atoms with Crippen molar-refractivity contribution < 1.29 is 13.9 Å². The second-order valence-corrected chi connectivity index (χ2v) is 5.67. The van der Waals surface area contributed by atoms with Gasteiger partial charge in [-0.3, -0.25) is 14.3 Å². The summed E-state index contributed by atoms with van der Waals surface area (Å²) in [5.74, 6) is -0.511. The molecule has 1 aromatic carbocycles. The summed E-state index contributed by atoms with van der Waals surface area (Å²) in [6.07, 6.45) is 1.62. The molecule has 8 nitrogen and oxygen atoms in total. The van der Waals surface area contributed by atoms with Crippen LogP contribution in [0, 0.1) is 5.82 Å². The van der Waals surface area contributed by atoms with Crippen LogP contribution in [0.15, 0.2) is 53.5 Å². The zero-order valence-corrected chi connectivity index (χ0v) is 14.6. The van der Waals surface area contributed by atoms with E-state index in [4.69, 9.17) is 4.74 Å². The van der Waals surface area contributed by atoms with Crippen LogP contribution in [-0.4, -0.2) is 38.4 Å². The minimum Gasteiger partial charge on any atom is -0.481 e. The number of pyridine rings is 1. The average Bonchev–Trinajstić information content (AvgIpc) is 2.97. The van der Waals surface area contributed by atoms with Crippen molar-refractivity contribution in [1.82, 2.24) is 24.6 Å². The fourth-order valence-electron chi connectivity index (χ4n) is 2.41. The lowest BCUT2D eigenvalue weighted by atomic mass is 10.3. The minimum absolute atomic E-state index is 0.00796. The largest absolute Gasteiger partial charge is 0.481 e. The summed E-state index contributed by atoms with van der Waals surface area (Å²) in [5.41, 5.74) is 0.269. The summed E-state index contributed by atoms with van der Waals surface area (Å²) in [7, 11) is 1.61. The van der Waals surface area contributed by atoms with Crippen LogP contribution in [0.5, 0.6) is 5.75 Å². The van der Waals surface area contributed by atoms with Crippen molar-refractivity contribution >= 4 is 5.91 Å². The van der Waals surface area contributed by atoms with E-state index in [1.54, 1.807) is 31.4 Å². The van der Waals surface area contributed by atoms with Crippen molar-refractivity contribution in [1.29, 1.82) is 0 Å². The first-order valence-corrected chi connectivity index (χ1v) is 8.25. The summed E-state index contributed by atoms with van der Waals surface area (Å²) in [4.78, 5) is 28.2. The highest BCUT2D eigenvalue weighted by atomic mass is 19.1. The normalized spacial score (nSPS) is 10.6. The zero-order chi connectivity index (χ0) is 19.2. The van der Waals surface area contributed by atoms with E-state index in [1.807, 2.05) is 6.07 Å². The molecule has 3 rings (SSSR count). The number of rotatable bonds is 7. The molecule has 0 aliphatic heterocycles. The van der Waals surface area contributed by atoms with Gasteiger partial charge in [0.15, 0.2) is 24.0 Å². The van der Waals surface area contributed by atoms with Crippen LogP contribution < -0.4 is 15.7 Å². The molecule has 0 fully saturated rings. The summed E-state index contributed by atoms with van der Waals surface area (Å²) in [6.45, 7) is 0.0419. The van der Waals surface area contributed by atoms with Gasteiger partial charge < -0.3 is 10.1 Å². The summed E-state index contributed by atoms with van der Waals surface area (Å²) in [6, 6.07) is 11.2. The topological polar surface area (TPSA) is 91.0 Å². The van der Waals surface area contributed by atoms with Gasteiger partial charge in [-0.1, -0.05) is 18.2 Å². The Hall–Kier alpha value is -3.49. The van der Waals surface area contributed by atoms with E-state index in [0.29, 0.717) is 11.5 Å². The van der Waals surface area contributed by atoms with Crippen molar-refractivity contribution in [2.75, 3.05) is 13.2 Å². The molecule has 0 saturated heterocycles. The summed E-state index contributed by atoms with van der Waals surface area (Å²) >= 11 is 0. The van der Waals surface area contributed by atoms with Crippen LogP contribution in [0.25, 0.3) is 11.5 Å². The molecule has 0 atom stereocenters. The number of nitrogens with zero attached hydrogens (tertiary/aromatic N) is 4. The molecular formula is C18H18FN5O3. The van der Waals surface area contributed by atoms with Crippen LogP contribution >= 0.6 is 0 Å². The Morgan fingerprint density at radius 2 is 2.00 bits per heavy atom. The highest BCUT2D eigenvalue weighted by Gasteiger charge is 2.13. The Morgan fingerprint density at radius 3 is 2.74 bits per heavy atom. The Kier molecular flexibility index (Phi) is 5.60. The maximum Gasteiger partial charge on any atom is 0.346 e. The van der Waals surface area contributed by atoms with Crippen LogP contribution in [0.3, 0.4) is 0 Å². The van der Waals surface area contributed by atoms with Crippen LogP contribution in [-0.2, 0) is 18.4 Å². The lowest BCUT2D eigenvalue weighted by Gasteiger charge is -2.07. The Bertz CT molecular complexity index is 984. The minimum atomic E-state index is -0.535. The molecule has 1 N–H and O–H groups in total. The van der Waals surface area contributed by atoms with E-state index >= 15 is 0 Å². The molecule has 0 bridgehead atoms. The van der Waals surface area contributed by atoms with Gasteiger partial charge in [0.1, 0.15) is 5.69 Å². The van der Waals surface area contributed by atoms with Crippen LogP contribution in [0.4, 0.5) is 4.39 Å². The molecule has 0 unspecified atom stereocenters. The molecule has 2 heterocycles. The standard InChI is InChI=1S/C18H18FN5O3/c1-23-17(14-7-4-5-9-20-14)22-24(18(23)26)11-10-21-16(25)12-27-15-8-3-2-6-13(15)19/h2-9H,10-12H2,1H3,(H,21,25). The third kappa shape index (κ3) is 4.38. The van der Waals surface area contributed by atoms with Gasteiger partial charge >= 0.3 is 5.69 Å². The SMILES string of the molecule is Cn1c(-c2ccccn2)nn(CCNC(=O)COc2ccccc2F)c1=O. The number of halogens is 1. The maximum atomic E-state index is 13.4. The Morgan fingerprint density at radius 1 is 1.22 bits per heavy atom. The number of carbonyl (C=O) groups excluding carboxylic acids is 1. The fraction of sp³-hybridized carbons (Fsp3) is 0.222. The first-order valence-electron chi connectivity index (χ1n) is 8.25. The molecule has 140 valence electrons. The molecule has 0 radical (unpaired) electrons. The van der Waals surface area contributed by atoms with E-state index in [-0.39, 0.29) is 31.1 Å². The van der Waals surface area contributed by atoms with E-state index in [2.05, 4.69) is 15.4 Å². The first-order chi connectivity index (χ1) is 13.1. The zero-order valence-electron chi connectivity index (χ0n) is 14.6. The van der Waals surface area contributed by atoms with Gasteiger partial charge in [0.05, 0.1) is 6.54 Å². The summed E-state index contributed by atoms with van der Waals surface area (Å²) in [5, 5.41) is 6.86. The molecule has 9 heteroatoms. The van der Waals surface area contributed by atoms with Gasteiger partial charge in [-0.05, 0) is 24.3 Å². The van der Waals surface area contributed by atoms with E-state index in [9.17, 15) is 14.0 Å². The van der Waals surface area contributed by atoms with E-state index < -0.39 is 11.7 Å². The van der Waals surface area contributed by atoms with E-state index in [1.165, 1.54) is 27.4 Å². The lowest BCUT2D eigenvalue weighted by Crippen LogP contribution is -2.34. The number of carbonyl (C=O) groups is 1. The average molecular weight is 371 g/mol. The number of ether oxygens (including phenoxy) is 1. The predicted octanol–water partition coefficient (Wildman–Crippen LogP) is 0.978. The second kappa shape index (κ2) is 8.26. The van der Waals surface area contributed by atoms with Crippen molar-refractivity contribution in [2.45, 2.75) is 6.54 Å². The Balaban J connectivity index is 1.54. The smallest absolute Gasteiger partial charge is 0.346 e. The van der Waals surface area contributed by atoms with Gasteiger partial charge in [0.2, 0.25) is 0 Å². The quantitative estimate of drug-likeness (QED) is 0.669. The molecule has 0 saturated carbocycles. The molecule has 0 aliphatic rings. The highest BCUT2D eigenvalue weighted by Crippen LogP contribution is 2.14. The second-order valence-electron chi connectivity index (χ2n) is 5.67. The van der Waals surface area contributed by atoms with Crippen molar-refractivity contribution in [2.24, 2.45) is 7.05 Å². The van der Waals surface area contributed by atoms with Gasteiger partial charge in [-0.15, -0.1) is 5.10 Å². The number of nitrogens with one attached hydrogen (secondary N) is 1. The van der Waals surface area contributed by atoms with Gasteiger partial charge in [-0.2, -0.15) is 0 Å². The van der Waals surface area contributed by atoms with Crippen LogP contribution in [0.1, 0.15) is 0 Å². The monoisotopic (exact) mass is 371 g/mol. The third-order valence-electron chi connectivity index (χ3n) is 3.78. The number of benzene rings is 1. The molecule has 2 aromatic heterocycles. The lowest BCUT2D eigenvalue weighted by molar-refractivity contribution is -0.123. The number of aromatic nitrogens is 4. The number of amides is 1. The molecule has 3 aromatic rings. The molecule has 0 spiro atoms. The Labute approximate surface area is 154 Å². The molecule has 0 aliphatic carbocycles. The van der Waals surface area contributed by atoms with Gasteiger partial charge in [0, 0.05) is 19.8 Å².